The zero-order valence-electron chi connectivity index (χ0n) is 67.8. The molecule has 25 rings (SSSR count). The van der Waals surface area contributed by atoms with Gasteiger partial charge in [-0.25, -0.2) is 9.67 Å². The zero-order chi connectivity index (χ0) is 80.7. The first-order chi connectivity index (χ1) is 58.5. The monoisotopic (exact) mass is 1550 g/mol. The molecular formula is C110H81N7O3. The quantitative estimate of drug-likeness (QED) is 0.146. The van der Waals surface area contributed by atoms with Gasteiger partial charge < -0.3 is 13.3 Å². The van der Waals surface area contributed by atoms with E-state index in [1.165, 1.54) is 115 Å². The molecule has 0 amide bonds. The van der Waals surface area contributed by atoms with Crippen LogP contribution >= 0.6 is 0 Å². The Balaban J connectivity index is 0.000000105. The van der Waals surface area contributed by atoms with E-state index in [1.54, 1.807) is 0 Å². The third-order valence-corrected chi connectivity index (χ3v) is 26.5. The van der Waals surface area contributed by atoms with Crippen molar-refractivity contribution >= 4 is 98.4 Å². The molecule has 0 saturated carbocycles. The maximum Gasteiger partial charge on any atom is 0.168 e. The summed E-state index contributed by atoms with van der Waals surface area (Å²) in [6, 6.07) is 120. The molecule has 120 heavy (non-hydrogen) atoms. The first kappa shape index (κ1) is 70.7. The number of furan rings is 3. The molecule has 6 aromatic heterocycles. The van der Waals surface area contributed by atoms with Gasteiger partial charge in [-0.1, -0.05) is 280 Å². The van der Waals surface area contributed by atoms with Crippen molar-refractivity contribution < 1.29 is 13.3 Å². The van der Waals surface area contributed by atoms with Crippen LogP contribution in [0.1, 0.15) is 88.8 Å². The second kappa shape index (κ2) is 26.4. The molecule has 1 atom stereocenters. The lowest BCUT2D eigenvalue weighted by molar-refractivity contribution is 0.255. The summed E-state index contributed by atoms with van der Waals surface area (Å²) >= 11 is 0. The number of hydrogen-bond acceptors (Lipinski definition) is 7. The number of rotatable bonds is 7. The molecule has 10 nitrogen and oxygen atoms in total. The fourth-order valence-corrected chi connectivity index (χ4v) is 20.0. The third-order valence-electron chi connectivity index (χ3n) is 26.5. The van der Waals surface area contributed by atoms with E-state index < -0.39 is 0 Å². The maximum atomic E-state index is 6.32. The van der Waals surface area contributed by atoms with Crippen LogP contribution in [0.15, 0.2) is 359 Å². The molecule has 16 aromatic carbocycles. The molecule has 0 N–H and O–H groups in total. The van der Waals surface area contributed by atoms with Crippen molar-refractivity contribution in [1.82, 2.24) is 34.1 Å². The Morgan fingerprint density at radius 3 is 1.42 bits per heavy atom. The highest BCUT2D eigenvalue weighted by molar-refractivity contribution is 6.16. The molecule has 0 aliphatic heterocycles. The van der Waals surface area contributed by atoms with Crippen LogP contribution in [-0.2, 0) is 16.2 Å². The van der Waals surface area contributed by atoms with Crippen molar-refractivity contribution in [2.45, 2.75) is 71.6 Å². The SMILES string of the molecule is CC(C)(C)C1(C)c2cc(-c3nc4ccccc4n3-c3ccccc3)ccc2-c2c1ccc1oc3ccccc3c21.CC1(C)c2cc(-c3ccnn3-c3cc4ccccc4c4ccccc34)ccc2-c2cc3oc4ccccc4c3cc21.CC1(C)c2cc(-c3nnc(-c4ccccc4)n3-c3ccccc3)ccc2-c2cc3oc4ccccc4c3cc21. The first-order valence-corrected chi connectivity index (χ1v) is 41.4. The van der Waals surface area contributed by atoms with E-state index in [2.05, 4.69) is 359 Å². The van der Waals surface area contributed by atoms with E-state index >= 15 is 0 Å². The first-order valence-electron chi connectivity index (χ1n) is 41.4. The van der Waals surface area contributed by atoms with Gasteiger partial charge in [0.2, 0.25) is 0 Å². The van der Waals surface area contributed by atoms with Gasteiger partial charge in [-0.3, -0.25) is 9.13 Å². The second-order valence-electron chi connectivity index (χ2n) is 34.6. The summed E-state index contributed by atoms with van der Waals surface area (Å²) in [6.07, 6.45) is 1.91. The highest BCUT2D eigenvalue weighted by atomic mass is 16.3. The number of nitrogens with zero attached hydrogens (tertiary/aromatic N) is 7. The van der Waals surface area contributed by atoms with Gasteiger partial charge in [-0.2, -0.15) is 5.10 Å². The summed E-state index contributed by atoms with van der Waals surface area (Å²) in [5.41, 5.74) is 31.5. The summed E-state index contributed by atoms with van der Waals surface area (Å²) in [7, 11) is 0. The van der Waals surface area contributed by atoms with Gasteiger partial charge in [-0.05, 0) is 204 Å². The van der Waals surface area contributed by atoms with Crippen LogP contribution in [0.3, 0.4) is 0 Å². The highest BCUT2D eigenvalue weighted by Gasteiger charge is 2.49. The molecule has 6 heterocycles. The Morgan fingerprint density at radius 1 is 0.308 bits per heavy atom. The van der Waals surface area contributed by atoms with Gasteiger partial charge in [0.15, 0.2) is 11.6 Å². The minimum absolute atomic E-state index is 0.0294. The summed E-state index contributed by atoms with van der Waals surface area (Å²) in [5.74, 6) is 2.61. The summed E-state index contributed by atoms with van der Waals surface area (Å²) in [6.45, 7) is 18.8. The van der Waals surface area contributed by atoms with Gasteiger partial charge in [0.05, 0.1) is 28.6 Å². The van der Waals surface area contributed by atoms with Gasteiger partial charge in [-0.15, -0.1) is 10.2 Å². The van der Waals surface area contributed by atoms with Gasteiger partial charge in [0.25, 0.3) is 0 Å². The van der Waals surface area contributed by atoms with E-state index in [-0.39, 0.29) is 21.7 Å². The molecule has 22 aromatic rings. The average molecular weight is 1550 g/mol. The minimum Gasteiger partial charge on any atom is -0.456 e. The normalized spacial score (nSPS) is 14.7. The predicted octanol–water partition coefficient (Wildman–Crippen LogP) is 28.8. The number of para-hydroxylation sites is 7. The van der Waals surface area contributed by atoms with Crippen molar-refractivity contribution in [1.29, 1.82) is 0 Å². The van der Waals surface area contributed by atoms with Crippen LogP contribution < -0.4 is 0 Å². The van der Waals surface area contributed by atoms with Crippen LogP contribution in [0.4, 0.5) is 0 Å². The molecule has 0 fully saturated rings. The summed E-state index contributed by atoms with van der Waals surface area (Å²) in [4.78, 5) is 5.17. The molecule has 10 heteroatoms. The molecule has 1 unspecified atom stereocenters. The fraction of sp³-hybridized carbons (Fsp3) is 0.109. The lowest BCUT2D eigenvalue weighted by atomic mass is 9.62. The van der Waals surface area contributed by atoms with Crippen LogP contribution in [0.5, 0.6) is 0 Å². The lowest BCUT2D eigenvalue weighted by Crippen LogP contribution is -2.36. The maximum absolute atomic E-state index is 6.32. The van der Waals surface area contributed by atoms with Crippen molar-refractivity contribution in [3.8, 4) is 95.9 Å². The molecule has 3 aliphatic carbocycles. The molecule has 574 valence electrons. The molecule has 0 radical (unpaired) electrons. The van der Waals surface area contributed by atoms with Crippen molar-refractivity contribution in [2.75, 3.05) is 0 Å². The number of benzene rings is 16. The van der Waals surface area contributed by atoms with Crippen molar-refractivity contribution in [3.63, 3.8) is 0 Å². The molecule has 0 spiro atoms. The van der Waals surface area contributed by atoms with Crippen LogP contribution in [-0.4, -0.2) is 34.1 Å². The predicted molar refractivity (Wildman–Crippen MR) is 491 cm³/mol. The van der Waals surface area contributed by atoms with E-state index in [4.69, 9.17) is 28.4 Å². The van der Waals surface area contributed by atoms with Gasteiger partial charge in [0, 0.05) is 87.6 Å². The van der Waals surface area contributed by atoms with Crippen molar-refractivity contribution in [3.05, 3.63) is 379 Å². The number of fused-ring (bicyclic) bond motifs is 23. The van der Waals surface area contributed by atoms with E-state index in [0.717, 1.165) is 112 Å². The Kier molecular flexibility index (Phi) is 15.5. The fourth-order valence-electron chi connectivity index (χ4n) is 20.0. The zero-order valence-corrected chi connectivity index (χ0v) is 67.8. The van der Waals surface area contributed by atoms with E-state index in [9.17, 15) is 0 Å². The Morgan fingerprint density at radius 2 is 0.783 bits per heavy atom. The lowest BCUT2D eigenvalue weighted by Gasteiger charge is -2.41. The van der Waals surface area contributed by atoms with Gasteiger partial charge in [0.1, 0.15) is 39.3 Å². The third kappa shape index (κ3) is 10.6. The smallest absolute Gasteiger partial charge is 0.168 e. The van der Waals surface area contributed by atoms with Gasteiger partial charge >= 0.3 is 0 Å². The van der Waals surface area contributed by atoms with Crippen LogP contribution in [0, 0.1) is 5.41 Å². The molecule has 0 bridgehead atoms. The standard InChI is InChI=1S/C38H26N2O.C37H30N2O.C35H25N3O/c1-38(2)32-19-24(15-16-27(32)30-22-37-31(21-33(30)38)29-13-7-8-14-36(29)41-37)34-17-18-39-40(34)35-20-23-9-3-4-10-25(23)26-11-5-6-12-28(26)35;1-36(2,3)37(4)27-20-21-32-34(26-14-8-11-17-31(26)40-32)33(27)25-19-18-23(22-28(25)37)35-38-29-15-9-10-16-30(29)39(35)24-12-6-5-7-13-24;1-35(2)29-19-23(34-37-36-33(22-11-5-3-6-12-22)38(34)24-13-7-4-8-14-24)17-18-25(29)27-21-32-28(20-30(27)35)26-15-9-10-16-31(26)39-32/h3-22H,1-2H3;5-22H,1-4H3;3-21H,1-2H3. The minimum atomic E-state index is -0.205. The molecule has 0 saturated heterocycles. The van der Waals surface area contributed by atoms with Crippen LogP contribution in [0.2, 0.25) is 0 Å². The van der Waals surface area contributed by atoms with E-state index in [1.807, 2.05) is 60.8 Å². The number of aromatic nitrogens is 7. The topological polar surface area (TPSA) is 106 Å². The van der Waals surface area contributed by atoms with Crippen LogP contribution in [0.25, 0.3) is 194 Å². The van der Waals surface area contributed by atoms with E-state index in [0.29, 0.717) is 0 Å². The average Bonchev–Trinajstić information content (AvgIpc) is 1.53. The second-order valence-corrected chi connectivity index (χ2v) is 34.6. The Hall–Kier alpha value is -14.7. The number of imidazole rings is 1. The Bertz CT molecular complexity index is 7980. The molecular weight excluding hydrogens is 1470 g/mol. The highest BCUT2D eigenvalue weighted by Crippen LogP contribution is 2.61. The largest absolute Gasteiger partial charge is 0.456 e. The summed E-state index contributed by atoms with van der Waals surface area (Å²) < 4.78 is 25.4. The Labute approximate surface area is 693 Å². The summed E-state index contributed by atoms with van der Waals surface area (Å²) in [5, 5.41) is 26.2. The van der Waals surface area contributed by atoms with Crippen molar-refractivity contribution in [2.24, 2.45) is 5.41 Å². The molecule has 3 aliphatic rings. The number of hydrogen-bond donors (Lipinski definition) is 0.